The monoisotopic (exact) mass is 698 g/mol. The molecular formula is C28H29F3N6O12. The maximum absolute atomic E-state index is 12.9. The lowest BCUT2D eigenvalue weighted by Crippen LogP contribution is -2.46. The number of ether oxygens (including phenoxy) is 4. The zero-order valence-electron chi connectivity index (χ0n) is 25.3. The van der Waals surface area contributed by atoms with E-state index in [4.69, 9.17) is 9.47 Å². The summed E-state index contributed by atoms with van der Waals surface area (Å²) in [6, 6.07) is 5.51. The van der Waals surface area contributed by atoms with Crippen LogP contribution in [0.1, 0.15) is 16.8 Å². The Morgan fingerprint density at radius 2 is 1.10 bits per heavy atom. The normalized spacial score (nSPS) is 18.7. The minimum atomic E-state index is -4.60. The Hall–Kier alpha value is -6.02. The SMILES string of the molecule is O=C1COC(=O)CNC(=O)COC(=O)C(Cc2ccc(Cn3ccc(C(F)(F)F)n3)cc2)NC(=O)COC(=O)CNC(=O)COC(=O)CN1. The first-order valence-corrected chi connectivity index (χ1v) is 14.1. The summed E-state index contributed by atoms with van der Waals surface area (Å²) in [6.45, 7) is -5.61. The van der Waals surface area contributed by atoms with Crippen LogP contribution in [0.5, 0.6) is 0 Å². The van der Waals surface area contributed by atoms with Crippen LogP contribution >= 0.6 is 0 Å². The number of aromatic nitrogens is 2. The smallest absolute Gasteiger partial charge is 0.435 e. The van der Waals surface area contributed by atoms with E-state index in [2.05, 4.69) is 35.8 Å². The van der Waals surface area contributed by atoms with Crippen LogP contribution < -0.4 is 21.3 Å². The quantitative estimate of drug-likeness (QED) is 0.191. The van der Waals surface area contributed by atoms with Gasteiger partial charge >= 0.3 is 30.1 Å². The second-order valence-electron chi connectivity index (χ2n) is 9.96. The van der Waals surface area contributed by atoms with Crippen molar-refractivity contribution in [3.05, 3.63) is 53.3 Å². The molecule has 2 aromatic rings. The van der Waals surface area contributed by atoms with Gasteiger partial charge in [0.05, 0.1) is 6.54 Å². The third kappa shape index (κ3) is 13.7. The van der Waals surface area contributed by atoms with E-state index in [-0.39, 0.29) is 13.0 Å². The van der Waals surface area contributed by atoms with Gasteiger partial charge in [0.15, 0.2) is 32.1 Å². The van der Waals surface area contributed by atoms with Gasteiger partial charge in [-0.25, -0.2) is 4.79 Å². The fraction of sp³-hybridized carbons (Fsp3) is 0.393. The molecule has 21 heteroatoms. The van der Waals surface area contributed by atoms with Crippen molar-refractivity contribution in [2.45, 2.75) is 25.2 Å². The Kier molecular flexibility index (Phi) is 13.6. The number of halogens is 3. The Balaban J connectivity index is 1.66. The van der Waals surface area contributed by atoms with E-state index in [1.807, 2.05) is 0 Å². The molecule has 1 aliphatic heterocycles. The number of carbonyl (C=O) groups excluding carboxylic acids is 8. The molecule has 0 spiro atoms. The van der Waals surface area contributed by atoms with E-state index in [9.17, 15) is 51.5 Å². The van der Waals surface area contributed by atoms with Crippen molar-refractivity contribution >= 4 is 47.5 Å². The lowest BCUT2D eigenvalue weighted by atomic mass is 10.0. The molecule has 1 aromatic carbocycles. The number of nitrogens with zero attached hydrogens (tertiary/aromatic N) is 2. The molecule has 0 bridgehead atoms. The maximum atomic E-state index is 12.9. The lowest BCUT2D eigenvalue weighted by Gasteiger charge is -2.18. The highest BCUT2D eigenvalue weighted by Crippen LogP contribution is 2.27. The number of nitrogens with one attached hydrogen (secondary N) is 4. The van der Waals surface area contributed by atoms with Crippen molar-refractivity contribution in [2.24, 2.45) is 0 Å². The predicted octanol–water partition coefficient (Wildman–Crippen LogP) is -2.49. The van der Waals surface area contributed by atoms with Crippen molar-refractivity contribution in [1.29, 1.82) is 0 Å². The van der Waals surface area contributed by atoms with Gasteiger partial charge in [0.1, 0.15) is 25.7 Å². The van der Waals surface area contributed by atoms with Gasteiger partial charge in [0.25, 0.3) is 23.6 Å². The van der Waals surface area contributed by atoms with Crippen LogP contribution in [0, 0.1) is 0 Å². The summed E-state index contributed by atoms with van der Waals surface area (Å²) in [4.78, 5) is 96.7. The summed E-state index contributed by atoms with van der Waals surface area (Å²) < 4.78 is 58.6. The first kappa shape index (κ1) is 37.4. The molecule has 1 fully saturated rings. The van der Waals surface area contributed by atoms with Crippen molar-refractivity contribution in [3.8, 4) is 0 Å². The van der Waals surface area contributed by atoms with Gasteiger partial charge < -0.3 is 40.2 Å². The molecule has 1 aromatic heterocycles. The van der Waals surface area contributed by atoms with Gasteiger partial charge in [0, 0.05) is 12.6 Å². The number of amides is 4. The molecule has 18 nitrogen and oxygen atoms in total. The fourth-order valence-electron chi connectivity index (χ4n) is 3.73. The molecule has 1 atom stereocenters. The van der Waals surface area contributed by atoms with Gasteiger partial charge in [-0.1, -0.05) is 24.3 Å². The van der Waals surface area contributed by atoms with Crippen molar-refractivity contribution in [2.75, 3.05) is 46.1 Å². The molecule has 2 heterocycles. The molecule has 3 rings (SSSR count). The fourth-order valence-corrected chi connectivity index (χ4v) is 3.73. The minimum Gasteiger partial charge on any atom is -0.454 e. The highest BCUT2D eigenvalue weighted by atomic mass is 19.4. The predicted molar refractivity (Wildman–Crippen MR) is 151 cm³/mol. The van der Waals surface area contributed by atoms with Crippen molar-refractivity contribution in [3.63, 3.8) is 0 Å². The van der Waals surface area contributed by atoms with E-state index >= 15 is 0 Å². The summed E-state index contributed by atoms with van der Waals surface area (Å²) >= 11 is 0. The first-order valence-electron chi connectivity index (χ1n) is 14.1. The second-order valence-corrected chi connectivity index (χ2v) is 9.96. The molecule has 1 aliphatic rings. The van der Waals surface area contributed by atoms with Crippen LogP contribution in [0.4, 0.5) is 13.2 Å². The second kappa shape index (κ2) is 17.8. The Bertz CT molecular complexity index is 1560. The van der Waals surface area contributed by atoms with Gasteiger partial charge in [-0.15, -0.1) is 0 Å². The van der Waals surface area contributed by atoms with E-state index in [0.29, 0.717) is 11.1 Å². The third-order valence-corrected chi connectivity index (χ3v) is 6.09. The van der Waals surface area contributed by atoms with Gasteiger partial charge in [-0.3, -0.25) is 38.2 Å². The topological polar surface area (TPSA) is 239 Å². The zero-order chi connectivity index (χ0) is 36.0. The van der Waals surface area contributed by atoms with Crippen LogP contribution in [-0.4, -0.2) is 109 Å². The Morgan fingerprint density at radius 3 is 1.57 bits per heavy atom. The number of rotatable bonds is 4. The summed E-state index contributed by atoms with van der Waals surface area (Å²) in [6.07, 6.45) is -3.66. The van der Waals surface area contributed by atoms with Crippen molar-refractivity contribution < 1.29 is 70.5 Å². The third-order valence-electron chi connectivity index (χ3n) is 6.09. The molecule has 4 N–H and O–H groups in total. The number of cyclic esters (lactones) is 4. The van der Waals surface area contributed by atoms with Crippen LogP contribution in [0.3, 0.4) is 0 Å². The molecule has 0 aliphatic carbocycles. The van der Waals surface area contributed by atoms with Crippen LogP contribution in [0.15, 0.2) is 36.5 Å². The van der Waals surface area contributed by atoms with Gasteiger partial charge in [-0.05, 0) is 17.2 Å². The first-order chi connectivity index (χ1) is 23.2. The highest BCUT2D eigenvalue weighted by molar-refractivity contribution is 5.90. The molecule has 264 valence electrons. The molecule has 49 heavy (non-hydrogen) atoms. The summed E-state index contributed by atoms with van der Waals surface area (Å²) in [5.41, 5.74) is -0.0708. The number of alkyl halides is 3. The molecule has 0 radical (unpaired) electrons. The zero-order valence-corrected chi connectivity index (χ0v) is 25.3. The summed E-state index contributed by atoms with van der Waals surface area (Å²) in [5.74, 6) is -8.03. The number of benzene rings is 1. The molecule has 1 saturated heterocycles. The molecule has 0 saturated carbocycles. The average Bonchev–Trinajstić information content (AvgIpc) is 3.54. The Labute approximate surface area is 273 Å². The number of carbonyl (C=O) groups is 8. The van der Waals surface area contributed by atoms with Crippen LogP contribution in [0.25, 0.3) is 0 Å². The largest absolute Gasteiger partial charge is 0.454 e. The average molecular weight is 699 g/mol. The number of esters is 4. The van der Waals surface area contributed by atoms with Crippen LogP contribution in [-0.2, 0) is 76.4 Å². The minimum absolute atomic E-state index is 0.00854. The molecule has 4 amide bonds. The Morgan fingerprint density at radius 1 is 0.653 bits per heavy atom. The highest BCUT2D eigenvalue weighted by Gasteiger charge is 2.33. The number of hydrogen-bond donors (Lipinski definition) is 4. The van der Waals surface area contributed by atoms with E-state index in [1.165, 1.54) is 12.1 Å². The molecule has 1 unspecified atom stereocenters. The molecular weight excluding hydrogens is 669 g/mol. The summed E-state index contributed by atoms with van der Waals surface area (Å²) in [5, 5.41) is 12.0. The lowest BCUT2D eigenvalue weighted by molar-refractivity contribution is -0.154. The van der Waals surface area contributed by atoms with E-state index < -0.39 is 111 Å². The van der Waals surface area contributed by atoms with Crippen LogP contribution in [0.2, 0.25) is 0 Å². The summed E-state index contributed by atoms with van der Waals surface area (Å²) in [7, 11) is 0. The number of hydrogen-bond acceptors (Lipinski definition) is 13. The van der Waals surface area contributed by atoms with Gasteiger partial charge in [-0.2, -0.15) is 18.3 Å². The van der Waals surface area contributed by atoms with Gasteiger partial charge in [0.2, 0.25) is 0 Å². The maximum Gasteiger partial charge on any atom is 0.435 e. The van der Waals surface area contributed by atoms with Crippen molar-refractivity contribution in [1.82, 2.24) is 31.0 Å². The van der Waals surface area contributed by atoms with E-state index in [1.54, 1.807) is 12.1 Å². The standard InChI is InChI=1S/C28H29F3N6O12/c29-28(30,31)19-5-6-37(36-19)11-17-3-1-16(2-4-17)7-18-27(45)49-14-22(40)34-9-25(43)47-12-20(38)32-8-24(42)46-13-21(39)33-10-26(44)48-15-23(41)35-18/h1-6,18H,7-15H2,(H,32,38)(H,33,39)(H,34,40)(H,35,41). The van der Waals surface area contributed by atoms with E-state index in [0.717, 1.165) is 16.9 Å².